The van der Waals surface area contributed by atoms with E-state index in [1.807, 2.05) is 0 Å². The first-order valence-electron chi connectivity index (χ1n) is 7.92. The zero-order valence-corrected chi connectivity index (χ0v) is 14.2. The fraction of sp³-hybridized carbons (Fsp3) is 0.857. The molecule has 1 heterocycles. The zero-order chi connectivity index (χ0) is 21.3. The Balaban J connectivity index is 0.000000416. The molecule has 1 aliphatic carbocycles. The fourth-order valence-electron chi connectivity index (χ4n) is 2.48. The van der Waals surface area contributed by atoms with Gasteiger partial charge in [-0.1, -0.05) is 6.42 Å². The summed E-state index contributed by atoms with van der Waals surface area (Å²) in [5.41, 5.74) is 5.97. The minimum atomic E-state index is -5.08. The van der Waals surface area contributed by atoms with Crippen LogP contribution in [0.3, 0.4) is 0 Å². The molecule has 27 heavy (non-hydrogen) atoms. The van der Waals surface area contributed by atoms with Crippen LogP contribution in [0.1, 0.15) is 25.7 Å². The van der Waals surface area contributed by atoms with Crippen molar-refractivity contribution in [2.75, 3.05) is 26.3 Å². The third kappa shape index (κ3) is 11.7. The number of hydrogen-bond acceptors (Lipinski definition) is 5. The predicted octanol–water partition coefficient (Wildman–Crippen LogP) is 1.86. The van der Waals surface area contributed by atoms with Gasteiger partial charge in [0.05, 0.1) is 13.2 Å². The Morgan fingerprint density at radius 1 is 0.926 bits per heavy atom. The van der Waals surface area contributed by atoms with Gasteiger partial charge in [0.15, 0.2) is 0 Å². The van der Waals surface area contributed by atoms with Crippen molar-refractivity contribution in [1.82, 2.24) is 4.90 Å². The van der Waals surface area contributed by atoms with Gasteiger partial charge in [-0.05, 0) is 19.3 Å². The number of nitrogens with two attached hydrogens (primary N) is 1. The smallest absolute Gasteiger partial charge is 0.475 e. The lowest BCUT2D eigenvalue weighted by molar-refractivity contribution is -0.193. The highest BCUT2D eigenvalue weighted by Gasteiger charge is 2.38. The summed E-state index contributed by atoms with van der Waals surface area (Å²) in [6.07, 6.45) is -5.10. The minimum absolute atomic E-state index is 0.446. The molecule has 160 valence electrons. The van der Waals surface area contributed by atoms with Crippen LogP contribution in [0.2, 0.25) is 0 Å². The van der Waals surface area contributed by atoms with Gasteiger partial charge in [-0.2, -0.15) is 26.3 Å². The van der Waals surface area contributed by atoms with Gasteiger partial charge in [0.2, 0.25) is 0 Å². The summed E-state index contributed by atoms with van der Waals surface area (Å²) in [7, 11) is 0. The monoisotopic (exact) mass is 412 g/mol. The SMILES string of the molecule is N[C@@H]1CCCC(N2CCOCC2)C1.O=C(O)C(F)(F)F.O=C(O)C(F)(F)F. The number of halogens is 6. The largest absolute Gasteiger partial charge is 0.490 e. The fourth-order valence-corrected chi connectivity index (χ4v) is 2.48. The van der Waals surface area contributed by atoms with E-state index in [1.54, 1.807) is 0 Å². The van der Waals surface area contributed by atoms with Crippen LogP contribution < -0.4 is 5.73 Å². The van der Waals surface area contributed by atoms with E-state index in [9.17, 15) is 26.3 Å². The number of ether oxygens (including phenoxy) is 1. The lowest BCUT2D eigenvalue weighted by Gasteiger charge is -2.38. The molecule has 2 aliphatic rings. The summed E-state index contributed by atoms with van der Waals surface area (Å²) < 4.78 is 68.8. The molecule has 7 nitrogen and oxygen atoms in total. The second-order valence-corrected chi connectivity index (χ2v) is 5.83. The molecule has 13 heteroatoms. The maximum absolute atomic E-state index is 10.6. The van der Waals surface area contributed by atoms with Crippen molar-refractivity contribution >= 4 is 11.9 Å². The summed E-state index contributed by atoms with van der Waals surface area (Å²) in [5, 5.41) is 14.2. The summed E-state index contributed by atoms with van der Waals surface area (Å²) >= 11 is 0. The second kappa shape index (κ2) is 11.3. The normalized spacial score (nSPS) is 24.0. The van der Waals surface area contributed by atoms with Crippen LogP contribution in [0, 0.1) is 0 Å². The number of hydrogen-bond donors (Lipinski definition) is 3. The number of rotatable bonds is 1. The van der Waals surface area contributed by atoms with E-state index in [4.69, 9.17) is 30.3 Å². The Hall–Kier alpha value is -1.60. The molecular weight excluding hydrogens is 390 g/mol. The Labute approximate surface area is 151 Å². The standard InChI is InChI=1S/C10H20N2O.2C2HF3O2/c11-9-2-1-3-10(8-9)12-4-6-13-7-5-12;2*3-2(4,5)1(6)7/h9-10H,1-8,11H2;2*(H,6,7)/t9-,10?;;/m1../s1. The van der Waals surface area contributed by atoms with Crippen LogP contribution in [-0.2, 0) is 14.3 Å². The highest BCUT2D eigenvalue weighted by Crippen LogP contribution is 2.22. The van der Waals surface area contributed by atoms with Gasteiger partial charge in [-0.15, -0.1) is 0 Å². The molecule has 1 saturated heterocycles. The molecule has 0 amide bonds. The average Bonchev–Trinajstić information content (AvgIpc) is 2.55. The third-order valence-corrected chi connectivity index (χ3v) is 3.73. The molecule has 0 spiro atoms. The van der Waals surface area contributed by atoms with Crippen molar-refractivity contribution in [3.63, 3.8) is 0 Å². The Morgan fingerprint density at radius 3 is 1.67 bits per heavy atom. The third-order valence-electron chi connectivity index (χ3n) is 3.73. The first-order chi connectivity index (χ1) is 12.2. The van der Waals surface area contributed by atoms with E-state index in [0.717, 1.165) is 32.3 Å². The second-order valence-electron chi connectivity index (χ2n) is 5.83. The van der Waals surface area contributed by atoms with Crippen molar-refractivity contribution in [2.24, 2.45) is 5.73 Å². The van der Waals surface area contributed by atoms with Crippen LogP contribution >= 0.6 is 0 Å². The molecule has 1 unspecified atom stereocenters. The summed E-state index contributed by atoms with van der Waals surface area (Å²) in [6, 6.07) is 1.19. The summed E-state index contributed by atoms with van der Waals surface area (Å²) in [5.74, 6) is -5.51. The molecule has 4 N–H and O–H groups in total. The molecule has 2 rings (SSSR count). The molecule has 0 aromatic carbocycles. The lowest BCUT2D eigenvalue weighted by Crippen LogP contribution is -2.47. The van der Waals surface area contributed by atoms with Gasteiger partial charge in [-0.25, -0.2) is 9.59 Å². The van der Waals surface area contributed by atoms with Gasteiger partial charge >= 0.3 is 24.3 Å². The van der Waals surface area contributed by atoms with E-state index in [1.165, 1.54) is 25.7 Å². The molecule has 2 fully saturated rings. The number of morpholine rings is 1. The summed E-state index contributed by atoms with van der Waals surface area (Å²) in [4.78, 5) is 20.3. The molecule has 2 atom stereocenters. The number of carboxylic acids is 2. The molecule has 0 aromatic rings. The van der Waals surface area contributed by atoms with Gasteiger partial charge in [0.25, 0.3) is 0 Å². The first kappa shape index (κ1) is 25.4. The van der Waals surface area contributed by atoms with Gasteiger partial charge in [-0.3, -0.25) is 4.90 Å². The minimum Gasteiger partial charge on any atom is -0.475 e. The van der Waals surface area contributed by atoms with Crippen LogP contribution in [0.5, 0.6) is 0 Å². The van der Waals surface area contributed by atoms with Crippen LogP contribution in [-0.4, -0.2) is 77.8 Å². The van der Waals surface area contributed by atoms with Crippen molar-refractivity contribution in [3.8, 4) is 0 Å². The first-order valence-corrected chi connectivity index (χ1v) is 7.92. The quantitative estimate of drug-likeness (QED) is 0.564. The van der Waals surface area contributed by atoms with Crippen molar-refractivity contribution in [1.29, 1.82) is 0 Å². The topological polar surface area (TPSA) is 113 Å². The molecule has 1 saturated carbocycles. The highest BCUT2D eigenvalue weighted by molar-refractivity contribution is 5.73. The Bertz CT molecular complexity index is 442. The molecule has 0 aromatic heterocycles. The van der Waals surface area contributed by atoms with Crippen molar-refractivity contribution in [2.45, 2.75) is 50.1 Å². The van der Waals surface area contributed by atoms with Gasteiger partial charge in [0.1, 0.15) is 0 Å². The summed E-state index contributed by atoms with van der Waals surface area (Å²) in [6.45, 7) is 4.03. The van der Waals surface area contributed by atoms with Crippen LogP contribution in [0.4, 0.5) is 26.3 Å². The maximum atomic E-state index is 10.6. The van der Waals surface area contributed by atoms with E-state index in [2.05, 4.69) is 4.90 Å². The van der Waals surface area contributed by atoms with E-state index in [-0.39, 0.29) is 0 Å². The van der Waals surface area contributed by atoms with Crippen LogP contribution in [0.15, 0.2) is 0 Å². The number of alkyl halides is 6. The van der Waals surface area contributed by atoms with Crippen molar-refractivity contribution < 1.29 is 50.9 Å². The molecule has 1 aliphatic heterocycles. The maximum Gasteiger partial charge on any atom is 0.490 e. The Morgan fingerprint density at radius 2 is 1.33 bits per heavy atom. The Kier molecular flexibility index (Phi) is 10.6. The molecule has 0 radical (unpaired) electrons. The predicted molar refractivity (Wildman–Crippen MR) is 80.0 cm³/mol. The highest BCUT2D eigenvalue weighted by atomic mass is 19.4. The average molecular weight is 412 g/mol. The van der Waals surface area contributed by atoms with E-state index < -0.39 is 24.3 Å². The lowest BCUT2D eigenvalue weighted by atomic mass is 9.90. The molecule has 0 bridgehead atoms. The number of carbonyl (C=O) groups is 2. The molecular formula is C14H22F6N2O5. The zero-order valence-electron chi connectivity index (χ0n) is 14.2. The number of carboxylic acid groups (broad SMARTS) is 2. The van der Waals surface area contributed by atoms with Crippen molar-refractivity contribution in [3.05, 3.63) is 0 Å². The number of aliphatic carboxylic acids is 2. The number of nitrogens with zero attached hydrogens (tertiary/aromatic N) is 1. The van der Waals surface area contributed by atoms with Gasteiger partial charge in [0, 0.05) is 25.2 Å². The van der Waals surface area contributed by atoms with Gasteiger partial charge < -0.3 is 20.7 Å². The van der Waals surface area contributed by atoms with Crippen LogP contribution in [0.25, 0.3) is 0 Å². The van der Waals surface area contributed by atoms with E-state index in [0.29, 0.717) is 6.04 Å². The van der Waals surface area contributed by atoms with E-state index >= 15 is 0 Å².